The van der Waals surface area contributed by atoms with Crippen molar-refractivity contribution in [1.29, 1.82) is 0 Å². The highest BCUT2D eigenvalue weighted by Crippen LogP contribution is 2.78. The van der Waals surface area contributed by atoms with E-state index in [1.54, 1.807) is 0 Å². The summed E-state index contributed by atoms with van der Waals surface area (Å²) < 4.78 is 0. The molecule has 5 aliphatic rings. The van der Waals surface area contributed by atoms with Crippen LogP contribution in [-0.2, 0) is 9.59 Å². The van der Waals surface area contributed by atoms with E-state index >= 15 is 0 Å². The first-order valence-corrected chi connectivity index (χ1v) is 15.2. The van der Waals surface area contributed by atoms with Crippen LogP contribution in [0.5, 0.6) is 0 Å². The maximum absolute atomic E-state index is 13.7. The van der Waals surface area contributed by atoms with Crippen LogP contribution in [0.15, 0.2) is 12.2 Å². The molecule has 5 aliphatic carbocycles. The summed E-state index contributed by atoms with van der Waals surface area (Å²) in [4.78, 5) is 26.9. The lowest BCUT2D eigenvalue weighted by Crippen LogP contribution is -2.69. The second-order valence-electron chi connectivity index (χ2n) is 15.5. The number of carbonyl (C=O) groups is 2. The van der Waals surface area contributed by atoms with Crippen molar-refractivity contribution in [2.24, 2.45) is 62.6 Å². The van der Waals surface area contributed by atoms with Gasteiger partial charge in [0.05, 0.1) is 11.5 Å². The highest BCUT2D eigenvalue weighted by molar-refractivity contribution is 5.89. The standard InChI is InChI=1S/C33H52O4/c1-9-23(34)22-18-32(8)21(27-20(19(2)3)12-17-33(22,27)28(36)37)10-11-25-30(6)15-14-26(35)29(4,5)24(30)13-16-31(25,32)7/h20-22,24-27,35H,2,9-18H2,1,3-8H3,(H,36,37)/t20-,21+,22?,24-,25+,26-,27+,30-,31+,32+,33-/m0/s1. The minimum Gasteiger partial charge on any atom is -0.481 e. The lowest BCUT2D eigenvalue weighted by atomic mass is 9.31. The molecule has 4 nitrogen and oxygen atoms in total. The Morgan fingerprint density at radius 3 is 2.16 bits per heavy atom. The minimum absolute atomic E-state index is 0.00493. The van der Waals surface area contributed by atoms with E-state index in [0.717, 1.165) is 56.9 Å². The Labute approximate surface area is 225 Å². The highest BCUT2D eigenvalue weighted by Gasteiger charge is 2.74. The van der Waals surface area contributed by atoms with Crippen LogP contribution in [0.3, 0.4) is 0 Å². The Morgan fingerprint density at radius 2 is 1.57 bits per heavy atom. The zero-order chi connectivity index (χ0) is 27.3. The summed E-state index contributed by atoms with van der Waals surface area (Å²) in [6.07, 6.45) is 8.69. The number of aliphatic carboxylic acids is 1. The molecule has 4 heteroatoms. The molecular formula is C33H52O4. The van der Waals surface area contributed by atoms with Crippen molar-refractivity contribution in [2.75, 3.05) is 0 Å². The second-order valence-corrected chi connectivity index (χ2v) is 15.5. The number of aliphatic hydroxyl groups excluding tert-OH is 1. The molecule has 0 amide bonds. The van der Waals surface area contributed by atoms with Gasteiger partial charge in [0, 0.05) is 12.3 Å². The fraction of sp³-hybridized carbons (Fsp3) is 0.879. The third-order valence-electron chi connectivity index (χ3n) is 14.3. The molecule has 5 fully saturated rings. The molecule has 0 aromatic carbocycles. The van der Waals surface area contributed by atoms with Crippen LogP contribution < -0.4 is 0 Å². The van der Waals surface area contributed by atoms with Gasteiger partial charge in [0.2, 0.25) is 0 Å². The quantitative estimate of drug-likeness (QED) is 0.388. The molecule has 11 atom stereocenters. The normalized spacial score (nSPS) is 52.3. The highest BCUT2D eigenvalue weighted by atomic mass is 16.4. The minimum atomic E-state index is -0.942. The van der Waals surface area contributed by atoms with E-state index in [0.29, 0.717) is 30.6 Å². The molecule has 5 rings (SSSR count). The predicted molar refractivity (Wildman–Crippen MR) is 147 cm³/mol. The van der Waals surface area contributed by atoms with Crippen LogP contribution in [0.4, 0.5) is 0 Å². The van der Waals surface area contributed by atoms with E-state index in [4.69, 9.17) is 0 Å². The fourth-order valence-electron chi connectivity index (χ4n) is 12.3. The van der Waals surface area contributed by atoms with Crippen molar-refractivity contribution in [2.45, 2.75) is 119 Å². The van der Waals surface area contributed by atoms with E-state index in [9.17, 15) is 19.8 Å². The Hall–Kier alpha value is -1.16. The number of carboxylic acid groups (broad SMARTS) is 1. The molecule has 5 saturated carbocycles. The Morgan fingerprint density at radius 1 is 0.892 bits per heavy atom. The van der Waals surface area contributed by atoms with Crippen LogP contribution >= 0.6 is 0 Å². The molecule has 2 N–H and O–H groups in total. The average molecular weight is 513 g/mol. The van der Waals surface area contributed by atoms with E-state index in [1.165, 1.54) is 0 Å². The molecule has 1 unspecified atom stereocenters. The number of aliphatic hydroxyl groups is 1. The van der Waals surface area contributed by atoms with Gasteiger partial charge in [-0.1, -0.05) is 53.7 Å². The molecule has 0 saturated heterocycles. The van der Waals surface area contributed by atoms with Gasteiger partial charge in [0.25, 0.3) is 0 Å². The molecule has 37 heavy (non-hydrogen) atoms. The van der Waals surface area contributed by atoms with Crippen molar-refractivity contribution >= 4 is 11.8 Å². The molecule has 0 bridgehead atoms. The zero-order valence-electron chi connectivity index (χ0n) is 24.5. The first-order chi connectivity index (χ1) is 17.1. The Bertz CT molecular complexity index is 998. The van der Waals surface area contributed by atoms with Crippen molar-refractivity contribution in [3.63, 3.8) is 0 Å². The summed E-state index contributed by atoms with van der Waals surface area (Å²) in [5, 5.41) is 21.8. The zero-order valence-corrected chi connectivity index (χ0v) is 24.5. The van der Waals surface area contributed by atoms with Crippen molar-refractivity contribution in [3.8, 4) is 0 Å². The number of ketones is 1. The fourth-order valence-corrected chi connectivity index (χ4v) is 12.3. The van der Waals surface area contributed by atoms with E-state index in [-0.39, 0.29) is 45.4 Å². The van der Waals surface area contributed by atoms with Gasteiger partial charge in [-0.2, -0.15) is 0 Å². The molecule has 0 aromatic rings. The number of fused-ring (bicyclic) bond motifs is 7. The van der Waals surface area contributed by atoms with Crippen molar-refractivity contribution in [3.05, 3.63) is 12.2 Å². The van der Waals surface area contributed by atoms with E-state index in [1.807, 2.05) is 6.92 Å². The van der Waals surface area contributed by atoms with Gasteiger partial charge in [-0.25, -0.2) is 0 Å². The van der Waals surface area contributed by atoms with Crippen molar-refractivity contribution < 1.29 is 19.8 Å². The van der Waals surface area contributed by atoms with Gasteiger partial charge < -0.3 is 10.2 Å². The first kappa shape index (κ1) is 27.4. The number of carbonyl (C=O) groups excluding carboxylic acids is 1. The summed E-state index contributed by atoms with van der Waals surface area (Å²) in [6.45, 7) is 20.4. The van der Waals surface area contributed by atoms with Crippen LogP contribution in [0.25, 0.3) is 0 Å². The molecule has 0 aliphatic heterocycles. The largest absolute Gasteiger partial charge is 0.481 e. The van der Waals surface area contributed by atoms with E-state index < -0.39 is 17.3 Å². The van der Waals surface area contributed by atoms with E-state index in [2.05, 4.69) is 48.1 Å². The Balaban J connectivity index is 1.65. The monoisotopic (exact) mass is 512 g/mol. The second kappa shape index (κ2) is 8.42. The van der Waals surface area contributed by atoms with Crippen LogP contribution in [-0.4, -0.2) is 28.1 Å². The summed E-state index contributed by atoms with van der Waals surface area (Å²) in [7, 11) is 0. The van der Waals surface area contributed by atoms with Gasteiger partial charge in [-0.05, 0) is 116 Å². The SMILES string of the molecule is C=C(C)[C@@H]1CC[C@]2(C(=O)O)C(C(=O)CC)C[C@]3(C)[C@H](CC[C@@H]4[C@@]5(C)CC[C@H](O)C(C)(C)[C@@H]5CC[C@]43C)[C@@H]12. The average Bonchev–Trinajstić information content (AvgIpc) is 3.23. The summed E-state index contributed by atoms with van der Waals surface area (Å²) in [5.74, 6) is 0.521. The van der Waals surface area contributed by atoms with Crippen molar-refractivity contribution in [1.82, 2.24) is 0 Å². The summed E-state index contributed by atoms with van der Waals surface area (Å²) in [5.41, 5.74) is 0.209. The maximum atomic E-state index is 13.7. The predicted octanol–water partition coefficient (Wildman–Crippen LogP) is 7.29. The molecule has 0 aromatic heterocycles. The van der Waals surface area contributed by atoms with Gasteiger partial charge in [-0.3, -0.25) is 9.59 Å². The first-order valence-electron chi connectivity index (χ1n) is 15.2. The number of hydrogen-bond donors (Lipinski definition) is 2. The molecular weight excluding hydrogens is 460 g/mol. The lowest BCUT2D eigenvalue weighted by Gasteiger charge is -2.73. The summed E-state index contributed by atoms with van der Waals surface area (Å²) >= 11 is 0. The number of carboxylic acids is 1. The lowest BCUT2D eigenvalue weighted by molar-refractivity contribution is -0.255. The molecule has 208 valence electrons. The summed E-state index contributed by atoms with van der Waals surface area (Å²) in [6, 6.07) is 0. The third-order valence-corrected chi connectivity index (χ3v) is 14.3. The van der Waals surface area contributed by atoms with Crippen LogP contribution in [0.1, 0.15) is 113 Å². The number of rotatable bonds is 4. The Kier molecular flexibility index (Phi) is 6.24. The topological polar surface area (TPSA) is 74.6 Å². The number of allylic oxidation sites excluding steroid dienone is 1. The van der Waals surface area contributed by atoms with Crippen LogP contribution in [0.2, 0.25) is 0 Å². The molecule has 0 heterocycles. The molecule has 0 radical (unpaired) electrons. The van der Waals surface area contributed by atoms with Gasteiger partial charge >= 0.3 is 5.97 Å². The van der Waals surface area contributed by atoms with Gasteiger partial charge in [0.1, 0.15) is 5.78 Å². The number of hydrogen-bond acceptors (Lipinski definition) is 3. The van der Waals surface area contributed by atoms with Gasteiger partial charge in [-0.15, -0.1) is 0 Å². The van der Waals surface area contributed by atoms with Gasteiger partial charge in [0.15, 0.2) is 0 Å². The maximum Gasteiger partial charge on any atom is 0.310 e. The molecule has 0 spiro atoms. The number of Topliss-reactive ketones (excluding diaryl/α,β-unsaturated/α-hetero) is 1. The smallest absolute Gasteiger partial charge is 0.310 e. The third kappa shape index (κ3) is 3.23. The van der Waals surface area contributed by atoms with Crippen LogP contribution in [0, 0.1) is 62.6 Å².